The fourth-order valence-electron chi connectivity index (χ4n) is 2.02. The average Bonchev–Trinajstić information content (AvgIpc) is 2.48. The minimum Gasteiger partial charge on any atom is -0.457 e. The van der Waals surface area contributed by atoms with Gasteiger partial charge < -0.3 is 4.74 Å². The number of hydrogen-bond acceptors (Lipinski definition) is 1. The van der Waals surface area contributed by atoms with Crippen molar-refractivity contribution in [3.05, 3.63) is 59.7 Å². The van der Waals surface area contributed by atoms with Gasteiger partial charge in [0, 0.05) is 10.9 Å². The smallest absolute Gasteiger partial charge is 0.131 e. The molecule has 2 aromatic carbocycles. The van der Waals surface area contributed by atoms with Crippen LogP contribution in [0.15, 0.2) is 48.5 Å². The molecule has 2 aromatic rings. The van der Waals surface area contributed by atoms with Crippen LogP contribution in [0.1, 0.15) is 38.3 Å². The van der Waals surface area contributed by atoms with Crippen molar-refractivity contribution in [2.75, 3.05) is 0 Å². The van der Waals surface area contributed by atoms with Crippen LogP contribution in [-0.2, 0) is 10.7 Å². The summed E-state index contributed by atoms with van der Waals surface area (Å²) in [5, 5.41) is 0.796. The molecule has 0 unspecified atom stereocenters. The minimum absolute atomic E-state index is 0.215. The molecule has 0 aliphatic carbocycles. The summed E-state index contributed by atoms with van der Waals surface area (Å²) in [5.41, 5.74) is 2.72. The highest BCUT2D eigenvalue weighted by Gasteiger charge is 2.17. The number of para-hydroxylation sites is 1. The molecule has 0 aliphatic heterocycles. The van der Waals surface area contributed by atoms with Gasteiger partial charge in [-0.25, -0.2) is 0 Å². The Morgan fingerprint density at radius 1 is 1.00 bits per heavy atom. The second-order valence-corrected chi connectivity index (χ2v) is 6.17. The zero-order valence-electron chi connectivity index (χ0n) is 12.3. The lowest BCUT2D eigenvalue weighted by Gasteiger charge is -2.23. The SMILES string of the molecule is CCC(C)(C)c1ccc(Oc2ccccc2CBr)cc1. The first-order valence-electron chi connectivity index (χ1n) is 6.99. The van der Waals surface area contributed by atoms with Crippen LogP contribution in [0.2, 0.25) is 0 Å². The third-order valence-electron chi connectivity index (χ3n) is 3.86. The number of alkyl halides is 1. The second-order valence-electron chi connectivity index (χ2n) is 5.61. The van der Waals surface area contributed by atoms with Crippen molar-refractivity contribution < 1.29 is 4.74 Å². The van der Waals surface area contributed by atoms with E-state index >= 15 is 0 Å². The van der Waals surface area contributed by atoms with Crippen LogP contribution in [0.5, 0.6) is 11.5 Å². The van der Waals surface area contributed by atoms with Gasteiger partial charge in [0.2, 0.25) is 0 Å². The lowest BCUT2D eigenvalue weighted by molar-refractivity contribution is 0.474. The molecule has 1 nitrogen and oxygen atoms in total. The lowest BCUT2D eigenvalue weighted by atomic mass is 9.82. The van der Waals surface area contributed by atoms with E-state index < -0.39 is 0 Å². The van der Waals surface area contributed by atoms with E-state index in [1.165, 1.54) is 5.56 Å². The highest BCUT2D eigenvalue weighted by Crippen LogP contribution is 2.31. The van der Waals surface area contributed by atoms with E-state index in [0.717, 1.165) is 28.8 Å². The molecule has 0 fully saturated rings. The maximum Gasteiger partial charge on any atom is 0.131 e. The van der Waals surface area contributed by atoms with Gasteiger partial charge in [0.25, 0.3) is 0 Å². The molecule has 0 saturated carbocycles. The van der Waals surface area contributed by atoms with E-state index in [0.29, 0.717) is 0 Å². The summed E-state index contributed by atoms with van der Waals surface area (Å²) in [6.45, 7) is 6.75. The Balaban J connectivity index is 2.19. The van der Waals surface area contributed by atoms with Crippen LogP contribution in [0.3, 0.4) is 0 Å². The zero-order chi connectivity index (χ0) is 14.6. The van der Waals surface area contributed by atoms with E-state index in [9.17, 15) is 0 Å². The summed E-state index contributed by atoms with van der Waals surface area (Å²) in [7, 11) is 0. The molecule has 0 spiro atoms. The van der Waals surface area contributed by atoms with Crippen molar-refractivity contribution in [1.29, 1.82) is 0 Å². The van der Waals surface area contributed by atoms with Crippen LogP contribution < -0.4 is 4.74 Å². The van der Waals surface area contributed by atoms with E-state index in [4.69, 9.17) is 4.74 Å². The van der Waals surface area contributed by atoms with Gasteiger partial charge in [-0.15, -0.1) is 0 Å². The van der Waals surface area contributed by atoms with Gasteiger partial charge >= 0.3 is 0 Å². The van der Waals surface area contributed by atoms with Crippen molar-refractivity contribution in [2.45, 2.75) is 37.9 Å². The maximum absolute atomic E-state index is 5.97. The number of halogens is 1. The summed E-state index contributed by atoms with van der Waals surface area (Å²) < 4.78 is 5.97. The first-order valence-corrected chi connectivity index (χ1v) is 8.11. The first kappa shape index (κ1) is 15.1. The third kappa shape index (κ3) is 3.43. The van der Waals surface area contributed by atoms with Gasteiger partial charge in [0.05, 0.1) is 0 Å². The Bertz CT molecular complexity index is 558. The molecule has 2 rings (SSSR count). The Morgan fingerprint density at radius 3 is 2.25 bits per heavy atom. The molecule has 0 radical (unpaired) electrons. The highest BCUT2D eigenvalue weighted by atomic mass is 79.9. The summed E-state index contributed by atoms with van der Waals surface area (Å²) >= 11 is 3.49. The van der Waals surface area contributed by atoms with Gasteiger partial charge in [-0.05, 0) is 35.6 Å². The Hall–Kier alpha value is -1.28. The van der Waals surface area contributed by atoms with Crippen molar-refractivity contribution in [2.24, 2.45) is 0 Å². The fraction of sp³-hybridized carbons (Fsp3) is 0.333. The molecule has 0 saturated heterocycles. The molecule has 0 atom stereocenters. The van der Waals surface area contributed by atoms with Crippen LogP contribution >= 0.6 is 15.9 Å². The van der Waals surface area contributed by atoms with Crippen molar-refractivity contribution in [3.8, 4) is 11.5 Å². The summed E-state index contributed by atoms with van der Waals surface area (Å²) in [6.07, 6.45) is 1.12. The minimum atomic E-state index is 0.215. The highest BCUT2D eigenvalue weighted by molar-refractivity contribution is 9.08. The maximum atomic E-state index is 5.97. The molecule has 0 N–H and O–H groups in total. The molecule has 0 heterocycles. The predicted octanol–water partition coefficient (Wildman–Crippen LogP) is 6.06. The van der Waals surface area contributed by atoms with Crippen LogP contribution in [-0.4, -0.2) is 0 Å². The van der Waals surface area contributed by atoms with Gasteiger partial charge in [0.1, 0.15) is 11.5 Å². The molecule has 0 bridgehead atoms. The van der Waals surface area contributed by atoms with E-state index in [1.54, 1.807) is 0 Å². The standard InChI is InChI=1S/C18H21BrO/c1-4-18(2,3)15-9-11-16(12-10-15)20-17-8-6-5-7-14(17)13-19/h5-12H,4,13H2,1-3H3. The Morgan fingerprint density at radius 2 is 1.65 bits per heavy atom. The van der Waals surface area contributed by atoms with Crippen molar-refractivity contribution >= 4 is 15.9 Å². The third-order valence-corrected chi connectivity index (χ3v) is 4.47. The number of rotatable bonds is 5. The van der Waals surface area contributed by atoms with E-state index in [-0.39, 0.29) is 5.41 Å². The Kier molecular flexibility index (Phi) is 4.87. The van der Waals surface area contributed by atoms with Crippen molar-refractivity contribution in [3.63, 3.8) is 0 Å². The van der Waals surface area contributed by atoms with Gasteiger partial charge in [-0.3, -0.25) is 0 Å². The molecular formula is C18H21BrO. The monoisotopic (exact) mass is 332 g/mol. The summed E-state index contributed by atoms with van der Waals surface area (Å²) in [6, 6.07) is 16.5. The Labute approximate surface area is 130 Å². The second kappa shape index (κ2) is 6.45. The topological polar surface area (TPSA) is 9.23 Å². The lowest BCUT2D eigenvalue weighted by Crippen LogP contribution is -2.14. The molecule has 20 heavy (non-hydrogen) atoms. The number of benzene rings is 2. The largest absolute Gasteiger partial charge is 0.457 e. The average molecular weight is 333 g/mol. The van der Waals surface area contributed by atoms with Crippen LogP contribution in [0.4, 0.5) is 0 Å². The van der Waals surface area contributed by atoms with Crippen molar-refractivity contribution in [1.82, 2.24) is 0 Å². The zero-order valence-corrected chi connectivity index (χ0v) is 13.9. The molecule has 0 aromatic heterocycles. The summed E-state index contributed by atoms with van der Waals surface area (Å²) in [4.78, 5) is 0. The molecule has 2 heteroatoms. The predicted molar refractivity (Wildman–Crippen MR) is 88.9 cm³/mol. The first-order chi connectivity index (χ1) is 9.56. The van der Waals surface area contributed by atoms with E-state index in [1.807, 2.05) is 18.2 Å². The summed E-state index contributed by atoms with van der Waals surface area (Å²) in [5.74, 6) is 1.79. The quantitative estimate of drug-likeness (QED) is 0.604. The molecule has 0 aliphatic rings. The number of hydrogen-bond donors (Lipinski definition) is 0. The van der Waals surface area contributed by atoms with Crippen LogP contribution in [0.25, 0.3) is 0 Å². The number of ether oxygens (including phenoxy) is 1. The molecule has 106 valence electrons. The molecular weight excluding hydrogens is 312 g/mol. The van der Waals surface area contributed by atoms with Crippen LogP contribution in [0, 0.1) is 0 Å². The fourth-order valence-corrected chi connectivity index (χ4v) is 2.48. The van der Waals surface area contributed by atoms with Gasteiger partial charge in [-0.1, -0.05) is 67.0 Å². The van der Waals surface area contributed by atoms with Gasteiger partial charge in [0.15, 0.2) is 0 Å². The normalized spacial score (nSPS) is 11.4. The van der Waals surface area contributed by atoms with E-state index in [2.05, 4.69) is 67.0 Å². The molecule has 0 amide bonds. The van der Waals surface area contributed by atoms with Gasteiger partial charge in [-0.2, -0.15) is 0 Å².